The number of halogens is 3. The minimum Gasteiger partial charge on any atom is -0.370 e. The van der Waals surface area contributed by atoms with Crippen LogP contribution >= 0.6 is 0 Å². The van der Waals surface area contributed by atoms with Crippen LogP contribution in [0.25, 0.3) is 0 Å². The SMILES string of the molecule is CNC(=O)c1ccn(C2CNCC2OCc2ccc(C(F)(F)F)cc2)n1. The van der Waals surface area contributed by atoms with Crippen LogP contribution in [-0.2, 0) is 17.5 Å². The molecule has 2 heterocycles. The zero-order valence-corrected chi connectivity index (χ0v) is 14.1. The van der Waals surface area contributed by atoms with Crippen molar-refractivity contribution in [3.05, 3.63) is 53.3 Å². The lowest BCUT2D eigenvalue weighted by atomic mass is 10.1. The number of hydrogen-bond donors (Lipinski definition) is 2. The average Bonchev–Trinajstić information content (AvgIpc) is 3.27. The molecule has 140 valence electrons. The third-order valence-electron chi connectivity index (χ3n) is 4.28. The molecule has 9 heteroatoms. The van der Waals surface area contributed by atoms with Crippen molar-refractivity contribution in [1.29, 1.82) is 0 Å². The van der Waals surface area contributed by atoms with Gasteiger partial charge in [-0.1, -0.05) is 12.1 Å². The van der Waals surface area contributed by atoms with Crippen LogP contribution < -0.4 is 10.6 Å². The van der Waals surface area contributed by atoms with E-state index in [0.29, 0.717) is 24.3 Å². The third-order valence-corrected chi connectivity index (χ3v) is 4.28. The monoisotopic (exact) mass is 368 g/mol. The first-order chi connectivity index (χ1) is 12.4. The number of alkyl halides is 3. The van der Waals surface area contributed by atoms with Crippen LogP contribution in [0.5, 0.6) is 0 Å². The van der Waals surface area contributed by atoms with E-state index in [4.69, 9.17) is 4.74 Å². The molecule has 1 aliphatic rings. The number of carbonyl (C=O) groups is 1. The standard InChI is InChI=1S/C17H19F3N4O2/c1-21-16(25)13-6-7-24(23-13)14-8-22-9-15(14)26-10-11-2-4-12(5-3-11)17(18,19)20/h2-7,14-15,22H,8-10H2,1H3,(H,21,25). The van der Waals surface area contributed by atoms with Gasteiger partial charge in [-0.2, -0.15) is 18.3 Å². The highest BCUT2D eigenvalue weighted by molar-refractivity contribution is 5.91. The molecule has 1 amide bonds. The van der Waals surface area contributed by atoms with E-state index in [1.54, 1.807) is 16.9 Å². The smallest absolute Gasteiger partial charge is 0.370 e. The van der Waals surface area contributed by atoms with Crippen molar-refractivity contribution in [2.24, 2.45) is 0 Å². The lowest BCUT2D eigenvalue weighted by molar-refractivity contribution is -0.137. The first-order valence-corrected chi connectivity index (χ1v) is 8.14. The Morgan fingerprint density at radius 2 is 2.04 bits per heavy atom. The van der Waals surface area contributed by atoms with Crippen molar-refractivity contribution in [1.82, 2.24) is 20.4 Å². The fourth-order valence-corrected chi connectivity index (χ4v) is 2.84. The summed E-state index contributed by atoms with van der Waals surface area (Å²) in [6.07, 6.45) is -2.83. The van der Waals surface area contributed by atoms with E-state index >= 15 is 0 Å². The van der Waals surface area contributed by atoms with E-state index in [1.165, 1.54) is 19.2 Å². The van der Waals surface area contributed by atoms with Gasteiger partial charge in [-0.25, -0.2) is 0 Å². The first-order valence-electron chi connectivity index (χ1n) is 8.14. The number of carbonyl (C=O) groups excluding carboxylic acids is 1. The fourth-order valence-electron chi connectivity index (χ4n) is 2.84. The fraction of sp³-hybridized carbons (Fsp3) is 0.412. The van der Waals surface area contributed by atoms with Crippen LogP contribution in [0, 0.1) is 0 Å². The number of nitrogens with zero attached hydrogens (tertiary/aromatic N) is 2. The Hall–Kier alpha value is -2.39. The topological polar surface area (TPSA) is 68.2 Å². The van der Waals surface area contributed by atoms with Gasteiger partial charge in [0.25, 0.3) is 5.91 Å². The molecule has 0 spiro atoms. The van der Waals surface area contributed by atoms with E-state index in [-0.39, 0.29) is 24.7 Å². The quantitative estimate of drug-likeness (QED) is 0.847. The van der Waals surface area contributed by atoms with Crippen molar-refractivity contribution in [2.75, 3.05) is 20.1 Å². The van der Waals surface area contributed by atoms with E-state index in [9.17, 15) is 18.0 Å². The number of nitrogens with one attached hydrogen (secondary N) is 2. The van der Waals surface area contributed by atoms with Gasteiger partial charge in [0.05, 0.1) is 24.3 Å². The Morgan fingerprint density at radius 3 is 2.69 bits per heavy atom. The second-order valence-corrected chi connectivity index (χ2v) is 6.03. The van der Waals surface area contributed by atoms with Gasteiger partial charge in [0, 0.05) is 26.3 Å². The molecule has 2 unspecified atom stereocenters. The van der Waals surface area contributed by atoms with Crippen LogP contribution in [0.4, 0.5) is 13.2 Å². The Morgan fingerprint density at radius 1 is 1.31 bits per heavy atom. The summed E-state index contributed by atoms with van der Waals surface area (Å²) in [5.74, 6) is -0.267. The van der Waals surface area contributed by atoms with E-state index in [1.807, 2.05) is 0 Å². The predicted octanol–water partition coefficient (Wildman–Crippen LogP) is 1.99. The highest BCUT2D eigenvalue weighted by atomic mass is 19.4. The zero-order chi connectivity index (χ0) is 18.7. The minimum atomic E-state index is -4.34. The first kappa shape index (κ1) is 18.4. The Kier molecular flexibility index (Phi) is 5.28. The van der Waals surface area contributed by atoms with Crippen molar-refractivity contribution in [3.8, 4) is 0 Å². The number of benzene rings is 1. The number of ether oxygens (including phenoxy) is 1. The summed E-state index contributed by atoms with van der Waals surface area (Å²) < 4.78 is 45.3. The molecule has 0 aliphatic carbocycles. The molecule has 6 nitrogen and oxygen atoms in total. The van der Waals surface area contributed by atoms with Crippen LogP contribution in [0.1, 0.15) is 27.7 Å². The number of hydrogen-bond acceptors (Lipinski definition) is 4. The molecule has 1 aromatic heterocycles. The van der Waals surface area contributed by atoms with Crippen molar-refractivity contribution in [2.45, 2.75) is 24.9 Å². The van der Waals surface area contributed by atoms with Crippen LogP contribution in [0.15, 0.2) is 36.5 Å². The maximum absolute atomic E-state index is 12.6. The molecule has 1 aliphatic heterocycles. The van der Waals surface area contributed by atoms with Gasteiger partial charge in [-0.15, -0.1) is 0 Å². The van der Waals surface area contributed by atoms with E-state index in [0.717, 1.165) is 12.1 Å². The predicted molar refractivity (Wildman–Crippen MR) is 87.5 cm³/mol. The summed E-state index contributed by atoms with van der Waals surface area (Å²) in [4.78, 5) is 11.6. The van der Waals surface area contributed by atoms with Gasteiger partial charge in [0.1, 0.15) is 5.69 Å². The molecule has 3 rings (SSSR count). The van der Waals surface area contributed by atoms with Gasteiger partial charge in [0.15, 0.2) is 0 Å². The third kappa shape index (κ3) is 4.05. The summed E-state index contributed by atoms with van der Waals surface area (Å²) in [6.45, 7) is 1.43. The Balaban J connectivity index is 1.62. The van der Waals surface area contributed by atoms with Gasteiger partial charge >= 0.3 is 6.18 Å². The average molecular weight is 368 g/mol. The molecule has 0 saturated carbocycles. The van der Waals surface area contributed by atoms with Crippen LogP contribution in [0.3, 0.4) is 0 Å². The summed E-state index contributed by atoms with van der Waals surface area (Å²) in [6, 6.07) is 6.46. The minimum absolute atomic E-state index is 0.0946. The summed E-state index contributed by atoms with van der Waals surface area (Å²) in [7, 11) is 1.54. The molecule has 2 N–H and O–H groups in total. The van der Waals surface area contributed by atoms with Crippen LogP contribution in [0.2, 0.25) is 0 Å². The molecule has 26 heavy (non-hydrogen) atoms. The van der Waals surface area contributed by atoms with Gasteiger partial charge in [-0.05, 0) is 23.8 Å². The molecule has 2 atom stereocenters. The molecule has 1 aromatic carbocycles. The highest BCUT2D eigenvalue weighted by Gasteiger charge is 2.31. The summed E-state index contributed by atoms with van der Waals surface area (Å²) >= 11 is 0. The summed E-state index contributed by atoms with van der Waals surface area (Å²) in [5, 5.41) is 9.99. The Bertz CT molecular complexity index is 758. The second-order valence-electron chi connectivity index (χ2n) is 6.03. The van der Waals surface area contributed by atoms with Gasteiger partial charge < -0.3 is 15.4 Å². The largest absolute Gasteiger partial charge is 0.416 e. The van der Waals surface area contributed by atoms with Gasteiger partial charge in [-0.3, -0.25) is 9.48 Å². The molecule has 0 radical (unpaired) electrons. The van der Waals surface area contributed by atoms with Crippen molar-refractivity contribution < 1.29 is 22.7 Å². The number of rotatable bonds is 5. The zero-order valence-electron chi connectivity index (χ0n) is 14.1. The van der Waals surface area contributed by atoms with Crippen molar-refractivity contribution >= 4 is 5.91 Å². The van der Waals surface area contributed by atoms with Gasteiger partial charge in [0.2, 0.25) is 0 Å². The maximum atomic E-state index is 12.6. The lowest BCUT2D eigenvalue weighted by Gasteiger charge is -2.20. The number of aromatic nitrogens is 2. The molecule has 2 aromatic rings. The summed E-state index contributed by atoms with van der Waals surface area (Å²) in [5.41, 5.74) is 0.302. The number of amides is 1. The molecule has 1 fully saturated rings. The molecular formula is C17H19F3N4O2. The molecule has 0 bridgehead atoms. The molecule has 1 saturated heterocycles. The van der Waals surface area contributed by atoms with Crippen LogP contribution in [-0.4, -0.2) is 41.9 Å². The van der Waals surface area contributed by atoms with E-state index in [2.05, 4.69) is 15.7 Å². The normalized spacial score (nSPS) is 20.3. The second kappa shape index (κ2) is 7.46. The van der Waals surface area contributed by atoms with E-state index < -0.39 is 11.7 Å². The lowest BCUT2D eigenvalue weighted by Crippen LogP contribution is -2.27. The molecular weight excluding hydrogens is 349 g/mol. The highest BCUT2D eigenvalue weighted by Crippen LogP contribution is 2.29. The Labute approximate surface area is 148 Å². The van der Waals surface area contributed by atoms with Crippen molar-refractivity contribution in [3.63, 3.8) is 0 Å². The maximum Gasteiger partial charge on any atom is 0.416 e.